The van der Waals surface area contributed by atoms with Crippen molar-refractivity contribution < 1.29 is 14.4 Å². The lowest BCUT2D eigenvalue weighted by atomic mass is 10.1. The van der Waals surface area contributed by atoms with Gasteiger partial charge in [0.2, 0.25) is 0 Å². The maximum absolute atomic E-state index is 12.4. The van der Waals surface area contributed by atoms with Crippen molar-refractivity contribution in [1.29, 1.82) is 0 Å². The van der Waals surface area contributed by atoms with Crippen LogP contribution in [0.15, 0.2) is 62.5 Å². The minimum Gasteiger partial charge on any atom is -0.508 e. The highest BCUT2D eigenvalue weighted by Gasteiger charge is 2.16. The number of aromatic nitrogens is 2. The first kappa shape index (κ1) is 19.8. The standard InChI is InChI=1S/C23H23N3O4/c1-2-3-10-26(14-21-24-19-7-5-4-6-18(19)23(29)25-21)13-15-11-22(28)30-20-12-16(27)8-9-17(15)20/h4-9,11-12,27H,2-3,10,13-14H2,1H3,(H,24,25,29)/p+1. The zero-order valence-corrected chi connectivity index (χ0v) is 16.8. The molecule has 0 aliphatic carbocycles. The monoisotopic (exact) mass is 406 g/mol. The van der Waals surface area contributed by atoms with E-state index in [1.54, 1.807) is 18.2 Å². The van der Waals surface area contributed by atoms with E-state index in [9.17, 15) is 14.7 Å². The van der Waals surface area contributed by atoms with E-state index >= 15 is 0 Å². The van der Waals surface area contributed by atoms with Crippen molar-refractivity contribution >= 4 is 21.9 Å². The molecule has 30 heavy (non-hydrogen) atoms. The zero-order chi connectivity index (χ0) is 21.1. The van der Waals surface area contributed by atoms with Crippen molar-refractivity contribution in [2.45, 2.75) is 32.9 Å². The van der Waals surface area contributed by atoms with Gasteiger partial charge in [0.1, 0.15) is 24.4 Å². The first-order valence-electron chi connectivity index (χ1n) is 10.1. The van der Waals surface area contributed by atoms with Crippen LogP contribution in [0.25, 0.3) is 21.9 Å². The van der Waals surface area contributed by atoms with Crippen molar-refractivity contribution in [2.75, 3.05) is 6.54 Å². The third-order valence-electron chi connectivity index (χ3n) is 5.22. The second-order valence-corrected chi connectivity index (χ2v) is 7.51. The molecule has 0 fully saturated rings. The topological polar surface area (TPSA) is 101 Å². The number of quaternary nitrogens is 1. The molecule has 0 aliphatic heterocycles. The Morgan fingerprint density at radius 3 is 2.73 bits per heavy atom. The van der Waals surface area contributed by atoms with E-state index in [1.165, 1.54) is 17.0 Å². The van der Waals surface area contributed by atoms with Gasteiger partial charge >= 0.3 is 5.63 Å². The zero-order valence-electron chi connectivity index (χ0n) is 16.8. The molecule has 154 valence electrons. The van der Waals surface area contributed by atoms with Gasteiger partial charge in [-0.2, -0.15) is 0 Å². The van der Waals surface area contributed by atoms with Gasteiger partial charge in [0.15, 0.2) is 5.82 Å². The predicted molar refractivity (Wildman–Crippen MR) is 115 cm³/mol. The number of benzene rings is 2. The molecule has 7 heteroatoms. The number of fused-ring (bicyclic) bond motifs is 2. The average molecular weight is 406 g/mol. The maximum atomic E-state index is 12.4. The normalized spacial score (nSPS) is 12.4. The van der Waals surface area contributed by atoms with E-state index in [4.69, 9.17) is 4.42 Å². The molecule has 4 aromatic rings. The van der Waals surface area contributed by atoms with Crippen molar-refractivity contribution in [3.05, 3.63) is 80.7 Å². The number of hydrogen-bond donors (Lipinski definition) is 3. The number of H-pyrrole nitrogens is 1. The van der Waals surface area contributed by atoms with Crippen molar-refractivity contribution in [3.8, 4) is 5.75 Å². The number of aromatic hydroxyl groups is 1. The molecule has 2 heterocycles. The van der Waals surface area contributed by atoms with E-state index in [1.807, 2.05) is 18.2 Å². The summed E-state index contributed by atoms with van der Waals surface area (Å²) in [6.07, 6.45) is 2.05. The minimum atomic E-state index is -0.449. The van der Waals surface area contributed by atoms with E-state index in [2.05, 4.69) is 16.9 Å². The number of aromatic amines is 1. The van der Waals surface area contributed by atoms with Crippen LogP contribution in [-0.2, 0) is 13.1 Å². The first-order chi connectivity index (χ1) is 14.5. The molecule has 4 rings (SSSR count). The van der Waals surface area contributed by atoms with Gasteiger partial charge in [-0.1, -0.05) is 25.5 Å². The Morgan fingerprint density at radius 1 is 1.07 bits per heavy atom. The predicted octanol–water partition coefficient (Wildman–Crippen LogP) is 2.12. The Labute approximate surface area is 172 Å². The molecule has 2 aromatic carbocycles. The summed E-state index contributed by atoms with van der Waals surface area (Å²) in [5.74, 6) is 0.672. The van der Waals surface area contributed by atoms with E-state index in [0.29, 0.717) is 35.4 Å². The van der Waals surface area contributed by atoms with E-state index in [-0.39, 0.29) is 11.3 Å². The Bertz CT molecular complexity index is 1310. The summed E-state index contributed by atoms with van der Waals surface area (Å²) < 4.78 is 5.24. The van der Waals surface area contributed by atoms with Crippen LogP contribution in [0, 0.1) is 0 Å². The summed E-state index contributed by atoms with van der Waals surface area (Å²) in [4.78, 5) is 33.2. The van der Waals surface area contributed by atoms with Gasteiger partial charge in [-0.3, -0.25) is 4.79 Å². The van der Waals surface area contributed by atoms with Gasteiger partial charge in [0.25, 0.3) is 5.56 Å². The van der Waals surface area contributed by atoms with Crippen molar-refractivity contribution in [2.24, 2.45) is 0 Å². The second kappa shape index (κ2) is 8.51. The fraction of sp³-hybridized carbons (Fsp3) is 0.261. The highest BCUT2D eigenvalue weighted by Crippen LogP contribution is 2.21. The van der Waals surface area contributed by atoms with Crippen LogP contribution in [0.5, 0.6) is 5.75 Å². The van der Waals surface area contributed by atoms with Crippen LogP contribution >= 0.6 is 0 Å². The third kappa shape index (κ3) is 4.26. The number of hydrogen-bond acceptors (Lipinski definition) is 5. The summed E-state index contributed by atoms with van der Waals surface area (Å²) in [5, 5.41) is 11.1. The number of phenols is 1. The van der Waals surface area contributed by atoms with Gasteiger partial charge in [0, 0.05) is 23.1 Å². The number of para-hydroxylation sites is 1. The Kier molecular flexibility index (Phi) is 5.63. The highest BCUT2D eigenvalue weighted by atomic mass is 16.4. The molecule has 0 spiro atoms. The first-order valence-corrected chi connectivity index (χ1v) is 10.1. The molecule has 1 atom stereocenters. The highest BCUT2D eigenvalue weighted by molar-refractivity contribution is 5.81. The molecule has 7 nitrogen and oxygen atoms in total. The average Bonchev–Trinajstić information content (AvgIpc) is 2.71. The van der Waals surface area contributed by atoms with Crippen LogP contribution in [-0.4, -0.2) is 21.6 Å². The van der Waals surface area contributed by atoms with Crippen molar-refractivity contribution in [1.82, 2.24) is 9.97 Å². The number of nitrogens with one attached hydrogen (secondary N) is 2. The Hall–Kier alpha value is -3.45. The van der Waals surface area contributed by atoms with E-state index < -0.39 is 5.63 Å². The van der Waals surface area contributed by atoms with Crippen LogP contribution in [0.3, 0.4) is 0 Å². The summed E-state index contributed by atoms with van der Waals surface area (Å²) in [5.41, 5.74) is 1.29. The lowest BCUT2D eigenvalue weighted by Gasteiger charge is -2.19. The molecule has 0 saturated heterocycles. The van der Waals surface area contributed by atoms with E-state index in [0.717, 1.165) is 30.3 Å². The van der Waals surface area contributed by atoms with Gasteiger partial charge in [-0.05, 0) is 30.7 Å². The molecule has 2 aromatic heterocycles. The molecular weight excluding hydrogens is 382 g/mol. The SMILES string of the molecule is CCCC[NH+](Cc1nc2ccccc2c(=O)[nH]1)Cc1cc(=O)oc2cc(O)ccc12. The largest absolute Gasteiger partial charge is 0.508 e. The summed E-state index contributed by atoms with van der Waals surface area (Å²) >= 11 is 0. The van der Waals surface area contributed by atoms with Crippen LogP contribution < -0.4 is 16.1 Å². The van der Waals surface area contributed by atoms with Gasteiger partial charge in [0.05, 0.1) is 17.4 Å². The molecule has 1 unspecified atom stereocenters. The fourth-order valence-corrected chi connectivity index (χ4v) is 3.76. The molecular formula is C23H24N3O4+. The molecule has 0 radical (unpaired) electrons. The molecule has 0 aliphatic rings. The molecule has 3 N–H and O–H groups in total. The quantitative estimate of drug-likeness (QED) is 0.408. The van der Waals surface area contributed by atoms with Gasteiger partial charge in [-0.15, -0.1) is 0 Å². The summed E-state index contributed by atoms with van der Waals surface area (Å²) in [6.45, 7) is 4.10. The number of phenolic OH excluding ortho intramolecular Hbond substituents is 1. The van der Waals surface area contributed by atoms with Crippen LogP contribution in [0.2, 0.25) is 0 Å². The maximum Gasteiger partial charge on any atom is 0.336 e. The fourth-order valence-electron chi connectivity index (χ4n) is 3.76. The lowest BCUT2D eigenvalue weighted by Crippen LogP contribution is -3.09. The lowest BCUT2D eigenvalue weighted by molar-refractivity contribution is -0.928. The molecule has 0 amide bonds. The van der Waals surface area contributed by atoms with Crippen LogP contribution in [0.4, 0.5) is 0 Å². The third-order valence-corrected chi connectivity index (χ3v) is 5.22. The summed E-state index contributed by atoms with van der Waals surface area (Å²) in [7, 11) is 0. The number of nitrogens with zero attached hydrogens (tertiary/aromatic N) is 1. The Balaban J connectivity index is 1.68. The number of rotatable bonds is 7. The smallest absolute Gasteiger partial charge is 0.336 e. The van der Waals surface area contributed by atoms with Crippen molar-refractivity contribution in [3.63, 3.8) is 0 Å². The number of unbranched alkanes of at least 4 members (excludes halogenated alkanes) is 1. The second-order valence-electron chi connectivity index (χ2n) is 7.51. The summed E-state index contributed by atoms with van der Waals surface area (Å²) in [6, 6.07) is 13.6. The van der Waals surface area contributed by atoms with Crippen LogP contribution in [0.1, 0.15) is 31.2 Å². The molecule has 0 saturated carbocycles. The van der Waals surface area contributed by atoms with Gasteiger partial charge < -0.3 is 19.4 Å². The minimum absolute atomic E-state index is 0.0518. The Morgan fingerprint density at radius 2 is 1.90 bits per heavy atom. The molecule has 0 bridgehead atoms. The van der Waals surface area contributed by atoms with Gasteiger partial charge in [-0.25, -0.2) is 9.78 Å².